The van der Waals surface area contributed by atoms with Crippen molar-refractivity contribution in [1.82, 2.24) is 9.80 Å². The number of cyclic esters (lactones) is 1. The quantitative estimate of drug-likeness (QED) is 0.495. The minimum absolute atomic E-state index is 0.121. The van der Waals surface area contributed by atoms with Gasteiger partial charge in [-0.3, -0.25) is 14.4 Å². The number of esters is 1. The van der Waals surface area contributed by atoms with Crippen molar-refractivity contribution >= 4 is 29.5 Å². The van der Waals surface area contributed by atoms with Crippen LogP contribution in [-0.4, -0.2) is 80.1 Å². The molecule has 0 aliphatic carbocycles. The molecule has 1 N–H and O–H groups in total. The van der Waals surface area contributed by atoms with Crippen LogP contribution in [0, 0.1) is 17.8 Å². The molecule has 4 aliphatic rings. The maximum atomic E-state index is 14.2. The molecule has 8 heteroatoms. The third-order valence-corrected chi connectivity index (χ3v) is 8.96. The van der Waals surface area contributed by atoms with E-state index in [1.54, 1.807) is 16.7 Å². The van der Waals surface area contributed by atoms with E-state index in [9.17, 15) is 19.5 Å². The summed E-state index contributed by atoms with van der Waals surface area (Å²) in [5.41, 5.74) is -0.434. The van der Waals surface area contributed by atoms with Crippen LogP contribution in [0.15, 0.2) is 24.3 Å². The van der Waals surface area contributed by atoms with Gasteiger partial charge in [0, 0.05) is 17.3 Å². The monoisotopic (exact) mass is 476 g/mol. The number of aliphatic hydroxyl groups is 1. The van der Waals surface area contributed by atoms with Crippen LogP contribution in [0.1, 0.15) is 47.5 Å². The maximum absolute atomic E-state index is 14.2. The van der Waals surface area contributed by atoms with Crippen molar-refractivity contribution in [1.29, 1.82) is 0 Å². The Balaban J connectivity index is 1.87. The molecule has 0 aromatic heterocycles. The van der Waals surface area contributed by atoms with Crippen molar-refractivity contribution in [2.75, 3.05) is 19.8 Å². The fraction of sp³-hybridized carbons (Fsp3) is 0.720. The summed E-state index contributed by atoms with van der Waals surface area (Å²) in [6.07, 6.45) is 9.22. The molecule has 7 nitrogen and oxygen atoms in total. The second-order valence-electron chi connectivity index (χ2n) is 11.0. The fourth-order valence-corrected chi connectivity index (χ4v) is 7.85. The van der Waals surface area contributed by atoms with Gasteiger partial charge >= 0.3 is 5.97 Å². The average molecular weight is 477 g/mol. The molecule has 0 bridgehead atoms. The number of hydrogen-bond donors (Lipinski definition) is 1. The highest BCUT2D eigenvalue weighted by atomic mass is 32.2. The maximum Gasteiger partial charge on any atom is 0.311 e. The lowest BCUT2D eigenvalue weighted by molar-refractivity contribution is -0.154. The lowest BCUT2D eigenvalue weighted by Gasteiger charge is -2.42. The Morgan fingerprint density at radius 1 is 1.21 bits per heavy atom. The zero-order chi connectivity index (χ0) is 24.1. The molecule has 1 spiro atoms. The first-order chi connectivity index (χ1) is 15.5. The van der Waals surface area contributed by atoms with Crippen molar-refractivity contribution < 1.29 is 24.2 Å². The number of aliphatic hydroxyl groups excluding tert-OH is 1. The van der Waals surface area contributed by atoms with Gasteiger partial charge in [0.2, 0.25) is 11.8 Å². The number of likely N-dealkylation sites (tertiary alicyclic amines) is 1. The van der Waals surface area contributed by atoms with Gasteiger partial charge in [0.25, 0.3) is 0 Å². The SMILES string of the molecule is CC(C)C[C@H](CO)N1C(=O)[C@@H]2[C@H]3C(=O)OCCC=C[C@H]3S[C@@]23C=CCN(C(C)(C)C)C(=O)C13. The Kier molecular flexibility index (Phi) is 6.46. The van der Waals surface area contributed by atoms with Crippen LogP contribution in [0.5, 0.6) is 0 Å². The Morgan fingerprint density at radius 2 is 1.94 bits per heavy atom. The standard InChI is InChI=1S/C25H36N2O5S/c1-15(2)13-16(14-28)27-20-22(30)26(24(3,4)5)11-8-10-25(20)19(21(27)29)18-17(33-25)9-6-7-12-32-23(18)31/h6,8-10,15-20,28H,7,11-14H2,1-5H3/t16-,17-,18+,19+,20?,25+/m1/s1. The third-order valence-electron chi connectivity index (χ3n) is 7.22. The first kappa shape index (κ1) is 24.3. The Labute approximate surface area is 200 Å². The Morgan fingerprint density at radius 3 is 2.58 bits per heavy atom. The Bertz CT molecular complexity index is 879. The van der Waals surface area contributed by atoms with Gasteiger partial charge in [-0.15, -0.1) is 11.8 Å². The van der Waals surface area contributed by atoms with Crippen molar-refractivity contribution in [2.45, 2.75) is 75.1 Å². The first-order valence-corrected chi connectivity index (χ1v) is 12.8. The van der Waals surface area contributed by atoms with Crippen molar-refractivity contribution in [3.63, 3.8) is 0 Å². The van der Waals surface area contributed by atoms with Crippen LogP contribution in [0.3, 0.4) is 0 Å². The minimum Gasteiger partial charge on any atom is -0.465 e. The molecule has 4 heterocycles. The highest BCUT2D eigenvalue weighted by Crippen LogP contribution is 2.61. The molecular formula is C25H36N2O5S. The second kappa shape index (κ2) is 8.77. The summed E-state index contributed by atoms with van der Waals surface area (Å²) in [5, 5.41) is 10.1. The van der Waals surface area contributed by atoms with Gasteiger partial charge in [-0.2, -0.15) is 0 Å². The van der Waals surface area contributed by atoms with Gasteiger partial charge in [-0.05, 0) is 39.5 Å². The Hall–Kier alpha value is -1.80. The number of amides is 2. The molecule has 0 aromatic carbocycles. The van der Waals surface area contributed by atoms with E-state index in [4.69, 9.17) is 4.74 Å². The molecule has 2 fully saturated rings. The molecule has 2 saturated heterocycles. The van der Waals surface area contributed by atoms with Crippen molar-refractivity contribution in [2.24, 2.45) is 17.8 Å². The molecule has 1 unspecified atom stereocenters. The zero-order valence-corrected chi connectivity index (χ0v) is 21.0. The van der Waals surface area contributed by atoms with E-state index >= 15 is 0 Å². The fourth-order valence-electron chi connectivity index (χ4n) is 5.86. The molecule has 6 atom stereocenters. The lowest BCUT2D eigenvalue weighted by Crippen LogP contribution is -2.59. The topological polar surface area (TPSA) is 87.2 Å². The van der Waals surface area contributed by atoms with Gasteiger partial charge in [0.15, 0.2) is 0 Å². The van der Waals surface area contributed by atoms with Crippen LogP contribution >= 0.6 is 11.8 Å². The van der Waals surface area contributed by atoms with Gasteiger partial charge in [0.05, 0.1) is 35.8 Å². The average Bonchev–Trinajstić information content (AvgIpc) is 3.09. The van der Waals surface area contributed by atoms with Gasteiger partial charge in [-0.1, -0.05) is 38.2 Å². The van der Waals surface area contributed by atoms with E-state index in [0.717, 1.165) is 0 Å². The number of fused-ring (bicyclic) bond motifs is 2. The number of carbonyl (C=O) groups is 3. The van der Waals surface area contributed by atoms with Crippen LogP contribution < -0.4 is 0 Å². The van der Waals surface area contributed by atoms with E-state index in [0.29, 0.717) is 26.0 Å². The number of thioether (sulfide) groups is 1. The summed E-state index contributed by atoms with van der Waals surface area (Å²) in [6.45, 7) is 10.6. The van der Waals surface area contributed by atoms with Crippen molar-refractivity contribution in [3.8, 4) is 0 Å². The molecule has 0 aromatic rings. The molecule has 4 aliphatic heterocycles. The number of hydrogen-bond acceptors (Lipinski definition) is 6. The number of carbonyl (C=O) groups excluding carboxylic acids is 3. The first-order valence-electron chi connectivity index (χ1n) is 12.0. The van der Waals surface area contributed by atoms with Crippen LogP contribution in [0.2, 0.25) is 0 Å². The predicted octanol–water partition coefficient (Wildman–Crippen LogP) is 2.39. The highest BCUT2D eigenvalue weighted by Gasteiger charge is 2.72. The molecule has 0 radical (unpaired) electrons. The van der Waals surface area contributed by atoms with Crippen LogP contribution in [0.25, 0.3) is 0 Å². The molecular weight excluding hydrogens is 440 g/mol. The van der Waals surface area contributed by atoms with Crippen LogP contribution in [-0.2, 0) is 19.1 Å². The molecule has 4 rings (SSSR count). The molecule has 2 amide bonds. The van der Waals surface area contributed by atoms with E-state index < -0.39 is 34.2 Å². The third kappa shape index (κ3) is 3.93. The van der Waals surface area contributed by atoms with E-state index in [-0.39, 0.29) is 35.6 Å². The predicted molar refractivity (Wildman–Crippen MR) is 127 cm³/mol. The summed E-state index contributed by atoms with van der Waals surface area (Å²) in [6, 6.07) is -1.26. The lowest BCUT2D eigenvalue weighted by atomic mass is 9.78. The van der Waals surface area contributed by atoms with Gasteiger partial charge < -0.3 is 19.6 Å². The molecule has 182 valence electrons. The summed E-state index contributed by atoms with van der Waals surface area (Å²) in [4.78, 5) is 44.8. The van der Waals surface area contributed by atoms with E-state index in [2.05, 4.69) is 0 Å². The summed E-state index contributed by atoms with van der Waals surface area (Å²) in [5.74, 6) is -1.83. The van der Waals surface area contributed by atoms with E-state index in [1.165, 1.54) is 0 Å². The van der Waals surface area contributed by atoms with Crippen LogP contribution in [0.4, 0.5) is 0 Å². The van der Waals surface area contributed by atoms with Gasteiger partial charge in [0.1, 0.15) is 6.04 Å². The number of rotatable bonds is 4. The minimum atomic E-state index is -0.873. The van der Waals surface area contributed by atoms with Gasteiger partial charge in [-0.25, -0.2) is 0 Å². The summed E-state index contributed by atoms with van der Waals surface area (Å²) < 4.78 is 4.63. The number of nitrogens with zero attached hydrogens (tertiary/aromatic N) is 2. The summed E-state index contributed by atoms with van der Waals surface area (Å²) in [7, 11) is 0. The second-order valence-corrected chi connectivity index (χ2v) is 12.4. The largest absolute Gasteiger partial charge is 0.465 e. The van der Waals surface area contributed by atoms with Crippen molar-refractivity contribution in [3.05, 3.63) is 24.3 Å². The van der Waals surface area contributed by atoms with E-state index in [1.807, 2.05) is 63.8 Å². The highest BCUT2D eigenvalue weighted by molar-refractivity contribution is 8.02. The molecule has 0 saturated carbocycles. The molecule has 33 heavy (non-hydrogen) atoms. The normalized spacial score (nSPS) is 35.1. The number of ether oxygens (including phenoxy) is 1. The zero-order valence-electron chi connectivity index (χ0n) is 20.2. The smallest absolute Gasteiger partial charge is 0.311 e. The summed E-state index contributed by atoms with van der Waals surface area (Å²) >= 11 is 1.54.